The molecule has 0 saturated heterocycles. The minimum atomic E-state index is -3.52. The van der Waals surface area contributed by atoms with E-state index in [2.05, 4.69) is 15.8 Å². The molecule has 0 fully saturated rings. The largest absolute Gasteiger partial charge is 0.252 e. The van der Waals surface area contributed by atoms with Gasteiger partial charge in [0.15, 0.2) is 8.68 Å². The third-order valence-electron chi connectivity index (χ3n) is 3.45. The van der Waals surface area contributed by atoms with E-state index in [1.807, 2.05) is 18.2 Å². The molecule has 3 rings (SSSR count). The number of rotatable bonds is 4. The van der Waals surface area contributed by atoms with Crippen molar-refractivity contribution >= 4 is 33.0 Å². The quantitative estimate of drug-likeness (QED) is 0.938. The van der Waals surface area contributed by atoms with Gasteiger partial charge in [0, 0.05) is 12.5 Å². The molecule has 7 heteroatoms. The molecule has 4 nitrogen and oxygen atoms in total. The lowest BCUT2D eigenvalue weighted by Crippen LogP contribution is -2.33. The van der Waals surface area contributed by atoms with Crippen molar-refractivity contribution < 1.29 is 8.42 Å². The normalized spacial score (nSPS) is 17.6. The molecule has 1 aliphatic carbocycles. The van der Waals surface area contributed by atoms with E-state index in [9.17, 15) is 8.42 Å². The minimum Gasteiger partial charge on any atom is -0.229 e. The average molecular weight is 329 g/mol. The number of aryl methyl sites for hydroxylation is 1. The molecule has 20 heavy (non-hydrogen) atoms. The Morgan fingerprint density at radius 3 is 2.85 bits per heavy atom. The molecule has 1 aliphatic rings. The fourth-order valence-electron chi connectivity index (χ4n) is 2.42. The number of nitrogens with zero attached hydrogens (tertiary/aromatic N) is 1. The van der Waals surface area contributed by atoms with Crippen LogP contribution < -0.4 is 4.72 Å². The Morgan fingerprint density at radius 1 is 1.45 bits per heavy atom. The van der Waals surface area contributed by atoms with Crippen LogP contribution in [0.25, 0.3) is 0 Å². The van der Waals surface area contributed by atoms with Gasteiger partial charge in [-0.25, -0.2) is 18.1 Å². The Bertz CT molecular complexity index is 755. The van der Waals surface area contributed by atoms with Crippen molar-refractivity contribution in [3.8, 4) is 0 Å². The fraction of sp³-hybridized carbons (Fsp3) is 0.308. The highest BCUT2D eigenvalue weighted by molar-refractivity contribution is 7.91. The first-order valence-electron chi connectivity index (χ1n) is 6.18. The van der Waals surface area contributed by atoms with Crippen LogP contribution in [0.2, 0.25) is 4.47 Å². The standard InChI is InChI=1S/C13H13ClN2O2S2/c1-8-12(19-13(14)16-8)20(17,18)15-7-10-6-9-4-2-3-5-11(9)10/h2-5,10,15H,6-7H2,1H3. The summed E-state index contributed by atoms with van der Waals surface area (Å²) < 4.78 is 27.6. The summed E-state index contributed by atoms with van der Waals surface area (Å²) in [5.74, 6) is 0.254. The zero-order valence-corrected chi connectivity index (χ0v) is 13.1. The summed E-state index contributed by atoms with van der Waals surface area (Å²) in [6, 6.07) is 8.11. The number of hydrogen-bond donors (Lipinski definition) is 1. The van der Waals surface area contributed by atoms with Crippen molar-refractivity contribution in [3.05, 3.63) is 45.6 Å². The summed E-state index contributed by atoms with van der Waals surface area (Å²) in [5.41, 5.74) is 2.98. The van der Waals surface area contributed by atoms with Gasteiger partial charge in [0.25, 0.3) is 10.0 Å². The van der Waals surface area contributed by atoms with E-state index in [1.54, 1.807) is 6.92 Å². The predicted molar refractivity (Wildman–Crippen MR) is 79.9 cm³/mol. The second-order valence-electron chi connectivity index (χ2n) is 4.79. The monoisotopic (exact) mass is 328 g/mol. The lowest BCUT2D eigenvalue weighted by molar-refractivity contribution is 0.553. The number of hydrogen-bond acceptors (Lipinski definition) is 4. The van der Waals surface area contributed by atoms with Crippen molar-refractivity contribution in [1.29, 1.82) is 0 Å². The van der Waals surface area contributed by atoms with Crippen molar-refractivity contribution in [1.82, 2.24) is 9.71 Å². The van der Waals surface area contributed by atoms with Gasteiger partial charge in [-0.15, -0.1) is 0 Å². The highest BCUT2D eigenvalue weighted by Gasteiger charge is 2.28. The van der Waals surface area contributed by atoms with Gasteiger partial charge < -0.3 is 0 Å². The summed E-state index contributed by atoms with van der Waals surface area (Å²) in [4.78, 5) is 3.94. The first kappa shape index (κ1) is 14.0. The third kappa shape index (κ3) is 2.48. The van der Waals surface area contributed by atoms with Gasteiger partial charge in [-0.2, -0.15) is 0 Å². The summed E-state index contributed by atoms with van der Waals surface area (Å²) in [6.45, 7) is 2.06. The second-order valence-corrected chi connectivity index (χ2v) is 8.33. The molecular formula is C13H13ClN2O2S2. The third-order valence-corrected chi connectivity index (χ3v) is 6.75. The van der Waals surface area contributed by atoms with Gasteiger partial charge in [-0.1, -0.05) is 47.2 Å². The zero-order chi connectivity index (χ0) is 14.3. The Balaban J connectivity index is 1.72. The summed E-state index contributed by atoms with van der Waals surface area (Å²) in [5, 5.41) is 0. The smallest absolute Gasteiger partial charge is 0.229 e. The Morgan fingerprint density at radius 2 is 2.20 bits per heavy atom. The maximum Gasteiger partial charge on any atom is 0.252 e. The van der Waals surface area contributed by atoms with Crippen molar-refractivity contribution in [2.75, 3.05) is 6.54 Å². The molecule has 2 aromatic rings. The van der Waals surface area contributed by atoms with Gasteiger partial charge in [0.05, 0.1) is 5.69 Å². The summed E-state index contributed by atoms with van der Waals surface area (Å²) in [6.07, 6.45) is 0.918. The van der Waals surface area contributed by atoms with E-state index in [4.69, 9.17) is 11.6 Å². The predicted octanol–water partition coefficient (Wildman–Crippen LogP) is 2.72. The van der Waals surface area contributed by atoms with Crippen LogP contribution in [-0.4, -0.2) is 19.9 Å². The number of fused-ring (bicyclic) bond motifs is 1. The lowest BCUT2D eigenvalue weighted by atomic mass is 9.78. The van der Waals surface area contributed by atoms with E-state index >= 15 is 0 Å². The lowest BCUT2D eigenvalue weighted by Gasteiger charge is -2.30. The van der Waals surface area contributed by atoms with Crippen LogP contribution in [0.5, 0.6) is 0 Å². The number of sulfonamides is 1. The van der Waals surface area contributed by atoms with Gasteiger partial charge in [-0.05, 0) is 24.5 Å². The highest BCUT2D eigenvalue weighted by atomic mass is 35.5. The summed E-state index contributed by atoms with van der Waals surface area (Å²) in [7, 11) is -3.52. The van der Waals surface area contributed by atoms with Crippen molar-refractivity contribution in [2.24, 2.45) is 0 Å². The second kappa shape index (κ2) is 5.11. The van der Waals surface area contributed by atoms with Crippen LogP contribution in [0.4, 0.5) is 0 Å². The molecule has 1 atom stereocenters. The van der Waals surface area contributed by atoms with Gasteiger partial charge >= 0.3 is 0 Å². The van der Waals surface area contributed by atoms with Crippen LogP contribution in [0.15, 0.2) is 28.5 Å². The SMILES string of the molecule is Cc1nc(Cl)sc1S(=O)(=O)NCC1Cc2ccccc21. The Kier molecular flexibility index (Phi) is 3.58. The first-order valence-corrected chi connectivity index (χ1v) is 8.85. The molecule has 0 saturated carbocycles. The van der Waals surface area contributed by atoms with Crippen LogP contribution >= 0.6 is 22.9 Å². The first-order chi connectivity index (χ1) is 9.47. The molecular weight excluding hydrogens is 316 g/mol. The number of halogens is 1. The van der Waals surface area contributed by atoms with Crippen LogP contribution in [-0.2, 0) is 16.4 Å². The maximum atomic E-state index is 12.2. The molecule has 0 radical (unpaired) electrons. The minimum absolute atomic E-state index is 0.204. The van der Waals surface area contributed by atoms with Gasteiger partial charge in [0.2, 0.25) is 0 Å². The maximum absolute atomic E-state index is 12.2. The Hall–Kier alpha value is -0.950. The topological polar surface area (TPSA) is 59.1 Å². The van der Waals surface area contributed by atoms with Crippen molar-refractivity contribution in [2.45, 2.75) is 23.5 Å². The highest BCUT2D eigenvalue weighted by Crippen LogP contribution is 2.34. The molecule has 1 heterocycles. The molecule has 0 spiro atoms. The number of aromatic nitrogens is 1. The van der Waals surface area contributed by atoms with E-state index in [-0.39, 0.29) is 14.6 Å². The van der Waals surface area contributed by atoms with Crippen LogP contribution in [0.1, 0.15) is 22.7 Å². The average Bonchev–Trinajstić information content (AvgIpc) is 2.70. The molecule has 1 aromatic carbocycles. The van der Waals surface area contributed by atoms with Gasteiger partial charge in [-0.3, -0.25) is 0 Å². The molecule has 106 valence electrons. The molecule has 1 N–H and O–H groups in total. The number of nitrogens with one attached hydrogen (secondary N) is 1. The van der Waals surface area contributed by atoms with Crippen LogP contribution in [0.3, 0.4) is 0 Å². The van der Waals surface area contributed by atoms with Crippen molar-refractivity contribution in [3.63, 3.8) is 0 Å². The molecule has 1 aromatic heterocycles. The number of thiazole rings is 1. The molecule has 0 bridgehead atoms. The van der Waals surface area contributed by atoms with Crippen LogP contribution in [0, 0.1) is 6.92 Å². The van der Waals surface area contributed by atoms with E-state index in [0.29, 0.717) is 12.2 Å². The molecule has 0 amide bonds. The fourth-order valence-corrected chi connectivity index (χ4v) is 5.28. The van der Waals surface area contributed by atoms with E-state index < -0.39 is 10.0 Å². The Labute approximate surface area is 126 Å². The molecule has 1 unspecified atom stereocenters. The van der Waals surface area contributed by atoms with E-state index in [1.165, 1.54) is 11.1 Å². The molecule has 0 aliphatic heterocycles. The van der Waals surface area contributed by atoms with E-state index in [0.717, 1.165) is 17.8 Å². The summed E-state index contributed by atoms with van der Waals surface area (Å²) >= 11 is 6.74. The van der Waals surface area contributed by atoms with Gasteiger partial charge in [0.1, 0.15) is 0 Å². The number of benzene rings is 1. The zero-order valence-electron chi connectivity index (χ0n) is 10.8.